The molecule has 6 nitrogen and oxygen atoms in total. The van der Waals surface area contributed by atoms with Crippen molar-refractivity contribution in [3.63, 3.8) is 0 Å². The van der Waals surface area contributed by atoms with E-state index < -0.39 is 16.9 Å². The third kappa shape index (κ3) is 9.24. The largest absolute Gasteiger partial charge is 0.491 e. The van der Waals surface area contributed by atoms with Gasteiger partial charge in [0.15, 0.2) is 5.96 Å². The molecule has 0 fully saturated rings. The monoisotopic (exact) mass is 397 g/mol. The van der Waals surface area contributed by atoms with Crippen LogP contribution in [0.2, 0.25) is 0 Å². The van der Waals surface area contributed by atoms with Crippen LogP contribution in [-0.4, -0.2) is 51.5 Å². The highest BCUT2D eigenvalue weighted by Crippen LogP contribution is 2.20. The summed E-state index contributed by atoms with van der Waals surface area (Å²) in [5.74, 6) is 1.89. The molecule has 0 aliphatic rings. The van der Waals surface area contributed by atoms with Crippen molar-refractivity contribution in [2.45, 2.75) is 58.5 Å². The van der Waals surface area contributed by atoms with Gasteiger partial charge in [0.2, 0.25) is 0 Å². The van der Waals surface area contributed by atoms with Crippen molar-refractivity contribution >= 4 is 16.8 Å². The first-order valence-electron chi connectivity index (χ1n) is 9.48. The first kappa shape index (κ1) is 23.4. The van der Waals surface area contributed by atoms with E-state index in [2.05, 4.69) is 15.6 Å². The van der Waals surface area contributed by atoms with Crippen LogP contribution in [0, 0.1) is 0 Å². The summed E-state index contributed by atoms with van der Waals surface area (Å²) in [6, 6.07) is 7.44. The molecule has 0 saturated carbocycles. The third-order valence-corrected chi connectivity index (χ3v) is 5.59. The van der Waals surface area contributed by atoms with Gasteiger partial charge in [0.05, 0.1) is 18.8 Å². The normalized spacial score (nSPS) is 14.7. The van der Waals surface area contributed by atoms with Gasteiger partial charge in [-0.25, -0.2) is 0 Å². The highest BCUT2D eigenvalue weighted by Gasteiger charge is 2.18. The van der Waals surface area contributed by atoms with Gasteiger partial charge >= 0.3 is 0 Å². The van der Waals surface area contributed by atoms with E-state index in [0.29, 0.717) is 24.8 Å². The Morgan fingerprint density at radius 1 is 1.30 bits per heavy atom. The average molecular weight is 398 g/mol. The van der Waals surface area contributed by atoms with Gasteiger partial charge in [0.25, 0.3) is 0 Å². The molecule has 7 heteroatoms. The Morgan fingerprint density at radius 3 is 2.59 bits per heavy atom. The smallest absolute Gasteiger partial charge is 0.191 e. The molecular formula is C20H35N3O3S. The standard InChI is InChI=1S/C20H35N3O3S/c1-7-21-19(22-11-12-27(25)20(4,5)6)23-14-18(24)16-9-8-10-17(13-16)26-15(2)3/h8-10,13,15,18,24H,7,11-12,14H2,1-6H3,(H2,21,22,23). The lowest BCUT2D eigenvalue weighted by molar-refractivity contribution is 0.185. The molecule has 0 saturated heterocycles. The summed E-state index contributed by atoms with van der Waals surface area (Å²) in [6.45, 7) is 13.3. The second-order valence-electron chi connectivity index (χ2n) is 7.56. The molecule has 0 aliphatic heterocycles. The Hall–Kier alpha value is -1.60. The van der Waals surface area contributed by atoms with Crippen LogP contribution in [-0.2, 0) is 10.8 Å². The fourth-order valence-electron chi connectivity index (χ4n) is 2.26. The Morgan fingerprint density at radius 2 is 2.00 bits per heavy atom. The summed E-state index contributed by atoms with van der Waals surface area (Å²) in [6.07, 6.45) is -0.640. The number of nitrogens with zero attached hydrogens (tertiary/aromatic N) is 1. The van der Waals surface area contributed by atoms with Crippen LogP contribution >= 0.6 is 0 Å². The van der Waals surface area contributed by atoms with Gasteiger partial charge < -0.3 is 20.5 Å². The first-order chi connectivity index (χ1) is 12.6. The van der Waals surface area contributed by atoms with Gasteiger partial charge in [0, 0.05) is 34.4 Å². The molecular weight excluding hydrogens is 362 g/mol. The fourth-order valence-corrected chi connectivity index (χ4v) is 3.16. The van der Waals surface area contributed by atoms with Crippen molar-refractivity contribution in [1.82, 2.24) is 10.6 Å². The number of benzene rings is 1. The van der Waals surface area contributed by atoms with Gasteiger partial charge in [-0.15, -0.1) is 0 Å². The van der Waals surface area contributed by atoms with Crippen LogP contribution < -0.4 is 15.4 Å². The molecule has 0 amide bonds. The van der Waals surface area contributed by atoms with Gasteiger partial charge in [0.1, 0.15) is 5.75 Å². The predicted molar refractivity (Wildman–Crippen MR) is 114 cm³/mol. The molecule has 0 aromatic heterocycles. The first-order valence-corrected chi connectivity index (χ1v) is 10.8. The minimum Gasteiger partial charge on any atom is -0.491 e. The van der Waals surface area contributed by atoms with E-state index in [9.17, 15) is 9.32 Å². The second kappa shape index (κ2) is 11.3. The fraction of sp³-hybridized carbons (Fsp3) is 0.650. The molecule has 0 spiro atoms. The van der Waals surface area contributed by atoms with Crippen molar-refractivity contribution in [1.29, 1.82) is 0 Å². The highest BCUT2D eigenvalue weighted by atomic mass is 32.2. The zero-order chi connectivity index (χ0) is 20.4. The van der Waals surface area contributed by atoms with Crippen LogP contribution in [0.4, 0.5) is 0 Å². The Labute approximate surface area is 166 Å². The van der Waals surface area contributed by atoms with Crippen molar-refractivity contribution in [2.75, 3.05) is 25.4 Å². The van der Waals surface area contributed by atoms with Gasteiger partial charge in [-0.2, -0.15) is 0 Å². The van der Waals surface area contributed by atoms with Crippen molar-refractivity contribution in [2.24, 2.45) is 4.99 Å². The number of nitrogens with one attached hydrogen (secondary N) is 2. The maximum Gasteiger partial charge on any atom is 0.191 e. The molecule has 0 heterocycles. The van der Waals surface area contributed by atoms with E-state index in [1.807, 2.05) is 65.8 Å². The van der Waals surface area contributed by atoms with E-state index in [1.165, 1.54) is 0 Å². The lowest BCUT2D eigenvalue weighted by atomic mass is 10.1. The van der Waals surface area contributed by atoms with Gasteiger partial charge in [-0.05, 0) is 59.2 Å². The summed E-state index contributed by atoms with van der Waals surface area (Å²) in [5, 5.41) is 16.8. The molecule has 2 unspecified atom stereocenters. The quantitative estimate of drug-likeness (QED) is 0.441. The minimum atomic E-state index is -0.916. The maximum atomic E-state index is 12.1. The van der Waals surface area contributed by atoms with E-state index in [4.69, 9.17) is 4.74 Å². The maximum absolute atomic E-state index is 12.1. The third-order valence-electron chi connectivity index (χ3n) is 3.64. The Balaban J connectivity index is 2.64. The van der Waals surface area contributed by atoms with Gasteiger partial charge in [-0.1, -0.05) is 12.1 Å². The molecule has 0 radical (unpaired) electrons. The van der Waals surface area contributed by atoms with Crippen LogP contribution in [0.5, 0.6) is 5.75 Å². The topological polar surface area (TPSA) is 83.0 Å². The van der Waals surface area contributed by atoms with Crippen molar-refractivity contribution < 1.29 is 14.1 Å². The van der Waals surface area contributed by atoms with E-state index in [-0.39, 0.29) is 17.4 Å². The highest BCUT2D eigenvalue weighted by molar-refractivity contribution is 7.86. The lowest BCUT2D eigenvalue weighted by Gasteiger charge is -2.19. The second-order valence-corrected chi connectivity index (χ2v) is 9.89. The number of hydrogen-bond acceptors (Lipinski definition) is 4. The zero-order valence-corrected chi connectivity index (χ0v) is 18.2. The molecule has 2 atom stereocenters. The summed E-state index contributed by atoms with van der Waals surface area (Å²) >= 11 is 0. The molecule has 1 aromatic carbocycles. The van der Waals surface area contributed by atoms with Crippen molar-refractivity contribution in [3.8, 4) is 5.75 Å². The molecule has 154 valence electrons. The van der Waals surface area contributed by atoms with E-state index >= 15 is 0 Å². The number of rotatable bonds is 9. The summed E-state index contributed by atoms with van der Waals surface area (Å²) in [5.41, 5.74) is 0.765. The molecule has 3 N–H and O–H groups in total. The number of aliphatic hydroxyl groups excluding tert-OH is 1. The number of ether oxygens (including phenoxy) is 1. The summed E-state index contributed by atoms with van der Waals surface area (Å²) in [7, 11) is -0.916. The number of aliphatic hydroxyl groups is 1. The molecule has 1 rings (SSSR count). The number of aliphatic imine (C=N–C) groups is 1. The summed E-state index contributed by atoms with van der Waals surface area (Å²) in [4.78, 5) is 4.44. The minimum absolute atomic E-state index is 0.0821. The Kier molecular flexibility index (Phi) is 9.80. The average Bonchev–Trinajstić information content (AvgIpc) is 2.58. The summed E-state index contributed by atoms with van der Waals surface area (Å²) < 4.78 is 17.6. The predicted octanol–water partition coefficient (Wildman–Crippen LogP) is 2.61. The number of guanidine groups is 1. The zero-order valence-electron chi connectivity index (χ0n) is 17.4. The van der Waals surface area contributed by atoms with Crippen LogP contribution in [0.25, 0.3) is 0 Å². The van der Waals surface area contributed by atoms with Gasteiger partial charge in [-0.3, -0.25) is 9.20 Å². The van der Waals surface area contributed by atoms with Crippen LogP contribution in [0.15, 0.2) is 29.3 Å². The molecule has 1 aromatic rings. The van der Waals surface area contributed by atoms with Crippen LogP contribution in [0.1, 0.15) is 53.2 Å². The van der Waals surface area contributed by atoms with Crippen LogP contribution in [0.3, 0.4) is 0 Å². The molecule has 27 heavy (non-hydrogen) atoms. The van der Waals surface area contributed by atoms with E-state index in [0.717, 1.165) is 11.3 Å². The Bertz CT molecular complexity index is 627. The van der Waals surface area contributed by atoms with E-state index in [1.54, 1.807) is 0 Å². The number of hydrogen-bond donors (Lipinski definition) is 3. The lowest BCUT2D eigenvalue weighted by Crippen LogP contribution is -2.40. The molecule has 0 bridgehead atoms. The molecule has 0 aliphatic carbocycles. The van der Waals surface area contributed by atoms with Crippen molar-refractivity contribution in [3.05, 3.63) is 29.8 Å². The SMILES string of the molecule is CCNC(=NCC(O)c1cccc(OC(C)C)c1)NCCS(=O)C(C)(C)C.